The van der Waals surface area contributed by atoms with Gasteiger partial charge in [0, 0.05) is 35.3 Å². The Morgan fingerprint density at radius 1 is 1.17 bits per heavy atom. The minimum Gasteiger partial charge on any atom is -0.373 e. The molecule has 1 heterocycles. The highest BCUT2D eigenvalue weighted by Gasteiger charge is 2.01. The summed E-state index contributed by atoms with van der Waals surface area (Å²) >= 11 is 7.73. The average Bonchev–Trinajstić information content (AvgIpc) is 2.41. The lowest BCUT2D eigenvalue weighted by atomic mass is 10.2. The molecule has 0 aliphatic carbocycles. The minimum absolute atomic E-state index is 0.786. The maximum Gasteiger partial charge on any atom is 0.129 e. The average molecular weight is 279 g/mol. The molecule has 0 spiro atoms. The lowest BCUT2D eigenvalue weighted by Crippen LogP contribution is -1.96. The van der Waals surface area contributed by atoms with E-state index in [1.165, 1.54) is 11.1 Å². The predicted octanol–water partition coefficient (Wildman–Crippen LogP) is 4.21. The van der Waals surface area contributed by atoms with E-state index in [9.17, 15) is 0 Å². The van der Waals surface area contributed by atoms with E-state index in [0.29, 0.717) is 0 Å². The maximum absolute atomic E-state index is 5.86. The summed E-state index contributed by atoms with van der Waals surface area (Å²) in [5.41, 5.74) is 2.53. The van der Waals surface area contributed by atoms with Gasteiger partial charge < -0.3 is 5.32 Å². The van der Waals surface area contributed by atoms with Gasteiger partial charge in [0.25, 0.3) is 0 Å². The van der Waals surface area contributed by atoms with E-state index >= 15 is 0 Å². The fraction of sp³-hybridized carbons (Fsp3) is 0.214. The molecule has 0 atom stereocenters. The number of nitrogens with one attached hydrogen (secondary N) is 1. The van der Waals surface area contributed by atoms with Crippen molar-refractivity contribution < 1.29 is 0 Å². The fourth-order valence-corrected chi connectivity index (χ4v) is 2.75. The third kappa shape index (κ3) is 3.65. The first kappa shape index (κ1) is 13.2. The highest BCUT2D eigenvalue weighted by molar-refractivity contribution is 7.97. The third-order valence-corrected chi connectivity index (χ3v) is 3.87. The zero-order valence-corrected chi connectivity index (χ0v) is 11.8. The summed E-state index contributed by atoms with van der Waals surface area (Å²) in [5, 5.41) is 3.90. The van der Waals surface area contributed by atoms with Crippen LogP contribution >= 0.6 is 23.4 Å². The van der Waals surface area contributed by atoms with Crippen LogP contribution in [0, 0.1) is 0 Å². The zero-order chi connectivity index (χ0) is 12.8. The van der Waals surface area contributed by atoms with Crippen molar-refractivity contribution in [3.8, 4) is 0 Å². The number of thioether (sulfide) groups is 1. The topological polar surface area (TPSA) is 24.9 Å². The van der Waals surface area contributed by atoms with Crippen LogP contribution in [0.2, 0.25) is 5.02 Å². The molecule has 0 saturated carbocycles. The number of rotatable bonds is 5. The molecule has 0 aliphatic rings. The summed E-state index contributed by atoms with van der Waals surface area (Å²) in [5.74, 6) is 2.89. The van der Waals surface area contributed by atoms with Gasteiger partial charge in [0.15, 0.2) is 0 Å². The van der Waals surface area contributed by atoms with Gasteiger partial charge in [-0.1, -0.05) is 29.8 Å². The number of nitrogens with zero attached hydrogens (tertiary/aromatic N) is 1. The maximum atomic E-state index is 5.86. The first-order valence-electron chi connectivity index (χ1n) is 5.73. The first-order chi connectivity index (χ1) is 8.79. The van der Waals surface area contributed by atoms with Crippen molar-refractivity contribution in [3.05, 3.63) is 58.7 Å². The summed E-state index contributed by atoms with van der Waals surface area (Å²) in [7, 11) is 1.90. The molecule has 2 aromatic rings. The van der Waals surface area contributed by atoms with Crippen LogP contribution in [0.3, 0.4) is 0 Å². The lowest BCUT2D eigenvalue weighted by molar-refractivity contribution is 1.22. The Morgan fingerprint density at radius 2 is 1.94 bits per heavy atom. The Morgan fingerprint density at radius 3 is 2.67 bits per heavy atom. The zero-order valence-electron chi connectivity index (χ0n) is 10.2. The van der Waals surface area contributed by atoms with E-state index in [4.69, 9.17) is 11.6 Å². The predicted molar refractivity (Wildman–Crippen MR) is 80.2 cm³/mol. The second-order valence-corrected chi connectivity index (χ2v) is 5.30. The van der Waals surface area contributed by atoms with Gasteiger partial charge in [-0.15, -0.1) is 0 Å². The Labute approximate surface area is 117 Å². The number of pyridine rings is 1. The quantitative estimate of drug-likeness (QED) is 0.887. The van der Waals surface area contributed by atoms with Crippen LogP contribution in [0.5, 0.6) is 0 Å². The second-order valence-electron chi connectivity index (χ2n) is 3.88. The molecule has 0 amide bonds. The molecule has 94 valence electrons. The van der Waals surface area contributed by atoms with Crippen molar-refractivity contribution in [2.24, 2.45) is 0 Å². The van der Waals surface area contributed by atoms with Gasteiger partial charge in [0.05, 0.1) is 0 Å². The van der Waals surface area contributed by atoms with Crippen LogP contribution in [0.4, 0.5) is 5.82 Å². The van der Waals surface area contributed by atoms with E-state index in [1.807, 2.05) is 37.0 Å². The molecule has 1 aromatic heterocycles. The summed E-state index contributed by atoms with van der Waals surface area (Å²) in [4.78, 5) is 4.29. The molecule has 2 nitrogen and oxygen atoms in total. The molecule has 4 heteroatoms. The van der Waals surface area contributed by atoms with Gasteiger partial charge in [-0.05, 0) is 23.8 Å². The van der Waals surface area contributed by atoms with Crippen molar-refractivity contribution in [1.29, 1.82) is 0 Å². The van der Waals surface area contributed by atoms with Gasteiger partial charge >= 0.3 is 0 Å². The number of aromatic nitrogens is 1. The number of benzene rings is 1. The van der Waals surface area contributed by atoms with Crippen molar-refractivity contribution in [1.82, 2.24) is 4.98 Å². The largest absolute Gasteiger partial charge is 0.373 e. The summed E-state index contributed by atoms with van der Waals surface area (Å²) in [6.07, 6.45) is 1.80. The summed E-state index contributed by atoms with van der Waals surface area (Å²) < 4.78 is 0. The van der Waals surface area contributed by atoms with Gasteiger partial charge in [-0.25, -0.2) is 4.98 Å². The molecule has 0 saturated heterocycles. The van der Waals surface area contributed by atoms with Crippen molar-refractivity contribution in [3.63, 3.8) is 0 Å². The van der Waals surface area contributed by atoms with E-state index < -0.39 is 0 Å². The fourth-order valence-electron chi connectivity index (χ4n) is 1.64. The standard InChI is InChI=1S/C14H15ClN2S/c1-16-14-12(3-2-8-17-14)10-18-9-11-4-6-13(15)7-5-11/h2-8H,9-10H2,1H3,(H,16,17). The monoisotopic (exact) mass is 278 g/mol. The van der Waals surface area contributed by atoms with Crippen LogP contribution in [-0.2, 0) is 11.5 Å². The molecule has 2 rings (SSSR count). The molecule has 0 fully saturated rings. The highest BCUT2D eigenvalue weighted by atomic mass is 35.5. The Kier molecular flexibility index (Phi) is 4.90. The molecular formula is C14H15ClN2S. The smallest absolute Gasteiger partial charge is 0.129 e. The van der Waals surface area contributed by atoms with Gasteiger partial charge in [-0.2, -0.15) is 11.8 Å². The third-order valence-electron chi connectivity index (χ3n) is 2.57. The van der Waals surface area contributed by atoms with Crippen molar-refractivity contribution in [2.75, 3.05) is 12.4 Å². The SMILES string of the molecule is CNc1ncccc1CSCc1ccc(Cl)cc1. The van der Waals surface area contributed by atoms with Crippen LogP contribution in [0.1, 0.15) is 11.1 Å². The van der Waals surface area contributed by atoms with Gasteiger partial charge in [0.1, 0.15) is 5.82 Å². The van der Waals surface area contributed by atoms with Gasteiger partial charge in [0.2, 0.25) is 0 Å². The molecular weight excluding hydrogens is 264 g/mol. The second kappa shape index (κ2) is 6.66. The number of hydrogen-bond donors (Lipinski definition) is 1. The number of anilines is 1. The molecule has 0 bridgehead atoms. The number of hydrogen-bond acceptors (Lipinski definition) is 3. The molecule has 1 N–H and O–H groups in total. The van der Waals surface area contributed by atoms with Crippen LogP contribution < -0.4 is 5.32 Å². The lowest BCUT2D eigenvalue weighted by Gasteiger charge is -2.07. The normalized spacial score (nSPS) is 10.3. The van der Waals surface area contributed by atoms with Gasteiger partial charge in [-0.3, -0.25) is 0 Å². The number of halogens is 1. The van der Waals surface area contributed by atoms with Crippen LogP contribution in [0.25, 0.3) is 0 Å². The summed E-state index contributed by atoms with van der Waals surface area (Å²) in [6.45, 7) is 0. The Hall–Kier alpha value is -1.19. The van der Waals surface area contributed by atoms with Crippen LogP contribution in [0.15, 0.2) is 42.6 Å². The summed E-state index contributed by atoms with van der Waals surface area (Å²) in [6, 6.07) is 12.1. The molecule has 0 aliphatic heterocycles. The van der Waals surface area contributed by atoms with E-state index in [2.05, 4.69) is 28.5 Å². The highest BCUT2D eigenvalue weighted by Crippen LogP contribution is 2.22. The van der Waals surface area contributed by atoms with Crippen molar-refractivity contribution >= 4 is 29.2 Å². The Balaban J connectivity index is 1.90. The van der Waals surface area contributed by atoms with Crippen molar-refractivity contribution in [2.45, 2.75) is 11.5 Å². The van der Waals surface area contributed by atoms with E-state index in [-0.39, 0.29) is 0 Å². The molecule has 0 radical (unpaired) electrons. The van der Waals surface area contributed by atoms with Crippen LogP contribution in [-0.4, -0.2) is 12.0 Å². The molecule has 0 unspecified atom stereocenters. The molecule has 18 heavy (non-hydrogen) atoms. The Bertz CT molecular complexity index is 499. The van der Waals surface area contributed by atoms with E-state index in [1.54, 1.807) is 6.20 Å². The van der Waals surface area contributed by atoms with E-state index in [0.717, 1.165) is 22.3 Å². The molecule has 1 aromatic carbocycles. The first-order valence-corrected chi connectivity index (χ1v) is 7.26. The minimum atomic E-state index is 0.786.